The number of hydrogen-bond donors (Lipinski definition) is 0. The summed E-state index contributed by atoms with van der Waals surface area (Å²) >= 11 is 0. The van der Waals surface area contributed by atoms with Gasteiger partial charge in [-0.15, -0.1) is 0 Å². The van der Waals surface area contributed by atoms with Crippen molar-refractivity contribution in [2.45, 2.75) is 12.7 Å². The molecule has 0 aromatic heterocycles. The number of carbonyl (C=O) groups excluding carboxylic acids is 1. The fourth-order valence-corrected chi connectivity index (χ4v) is 0.0823. The minimum absolute atomic E-state index is 1.51. The van der Waals surface area contributed by atoms with Gasteiger partial charge < -0.3 is 4.79 Å². The Hall–Kier alpha value is -0.330. The Morgan fingerprint density at radius 1 is 2.40 bits per heavy atom. The summed E-state index contributed by atoms with van der Waals surface area (Å²) in [4.78, 5) is 10.4. The van der Waals surface area contributed by atoms with Gasteiger partial charge in [-0.1, -0.05) is 0 Å². The molecule has 1 saturated carbocycles. The van der Waals surface area contributed by atoms with Crippen LogP contribution >= 0.6 is 0 Å². The maximum absolute atomic E-state index is 10.4. The number of rotatable bonds is 1. The Morgan fingerprint density at radius 3 is 3.00 bits per heavy atom. The van der Waals surface area contributed by atoms with E-state index in [-0.39, 0.29) is 0 Å². The molecule has 1 heteroatoms. The standard InChI is InChI=1S/C4H6O/c5-3-4-1-2-4/h3-4H,1-2H2/i1D2,2D2,3D,4D. The van der Waals surface area contributed by atoms with Crippen LogP contribution in [0.2, 0.25) is 0 Å². The van der Waals surface area contributed by atoms with Crippen molar-refractivity contribution >= 4 is 6.26 Å². The van der Waals surface area contributed by atoms with Gasteiger partial charge in [-0.2, -0.15) is 0 Å². The second-order valence-electron chi connectivity index (χ2n) is 0.727. The molecule has 0 aliphatic heterocycles. The van der Waals surface area contributed by atoms with Crippen LogP contribution in [0.15, 0.2) is 0 Å². The van der Waals surface area contributed by atoms with Crippen molar-refractivity contribution in [3.63, 3.8) is 0 Å². The molecular formula is C4H6O. The van der Waals surface area contributed by atoms with Gasteiger partial charge in [-0.3, -0.25) is 0 Å². The molecule has 1 aliphatic rings. The van der Waals surface area contributed by atoms with Crippen molar-refractivity contribution in [3.05, 3.63) is 0 Å². The average molecular weight is 76.1 g/mol. The summed E-state index contributed by atoms with van der Waals surface area (Å²) in [6, 6.07) is 0. The van der Waals surface area contributed by atoms with Crippen LogP contribution in [0.5, 0.6) is 0 Å². The summed E-state index contributed by atoms with van der Waals surface area (Å²) in [7, 11) is 0. The van der Waals surface area contributed by atoms with Crippen molar-refractivity contribution < 1.29 is 13.0 Å². The van der Waals surface area contributed by atoms with Gasteiger partial charge in [0.25, 0.3) is 0 Å². The number of aldehydes is 1. The zero-order valence-electron chi connectivity index (χ0n) is 8.41. The smallest absolute Gasteiger partial charge is 0.123 e. The fourth-order valence-electron chi connectivity index (χ4n) is 0.0823. The topological polar surface area (TPSA) is 17.1 Å². The molecular weight excluding hydrogens is 64.0 g/mol. The first kappa shape index (κ1) is 0.552. The van der Waals surface area contributed by atoms with Crippen LogP contribution in [-0.2, 0) is 4.79 Å². The maximum atomic E-state index is 10.4. The minimum Gasteiger partial charge on any atom is -0.303 e. The highest BCUT2D eigenvalue weighted by Crippen LogP contribution is 2.25. The van der Waals surface area contributed by atoms with Crippen LogP contribution in [0, 0.1) is 5.89 Å². The second kappa shape index (κ2) is 0.814. The Morgan fingerprint density at radius 2 is 3.00 bits per heavy atom. The van der Waals surface area contributed by atoms with Gasteiger partial charge in [0.15, 0.2) is 0 Å². The molecule has 5 heavy (non-hydrogen) atoms. The molecule has 1 fully saturated rings. The summed E-state index contributed by atoms with van der Waals surface area (Å²) in [5.41, 5.74) is 0. The molecule has 0 radical (unpaired) electrons. The molecule has 1 aliphatic carbocycles. The van der Waals surface area contributed by atoms with E-state index in [1.165, 1.54) is 0 Å². The maximum Gasteiger partial charge on any atom is 0.123 e. The van der Waals surface area contributed by atoms with Crippen molar-refractivity contribution in [1.29, 1.82) is 0 Å². The average Bonchev–Trinajstić information content (AvgIpc) is 2.11. The second-order valence-corrected chi connectivity index (χ2v) is 0.727. The van der Waals surface area contributed by atoms with Crippen LogP contribution in [-0.4, -0.2) is 6.26 Å². The monoisotopic (exact) mass is 76.1 g/mol. The lowest BCUT2D eigenvalue weighted by Gasteiger charge is -1.56. The van der Waals surface area contributed by atoms with E-state index in [4.69, 9.17) is 8.22 Å². The molecule has 1 rings (SSSR count). The molecule has 0 atom stereocenters. The quantitative estimate of drug-likeness (QED) is 0.418. The summed E-state index contributed by atoms with van der Waals surface area (Å²) in [5.74, 6) is -2.51. The first-order valence-electron chi connectivity index (χ1n) is 4.20. The molecule has 0 saturated heterocycles. The SMILES string of the molecule is [2H]C(=O)C1([2H])C([2H])([2H])C1([2H])[2H]. The van der Waals surface area contributed by atoms with E-state index in [2.05, 4.69) is 0 Å². The predicted molar refractivity (Wildman–Crippen MR) is 18.8 cm³/mol. The minimum atomic E-state index is -2.52. The lowest BCUT2D eigenvalue weighted by atomic mass is 10.5. The Labute approximate surface area is 39.4 Å². The summed E-state index contributed by atoms with van der Waals surface area (Å²) in [6.45, 7) is 0. The molecule has 0 unspecified atom stereocenters. The largest absolute Gasteiger partial charge is 0.303 e. The molecule has 0 amide bonds. The van der Waals surface area contributed by atoms with Crippen molar-refractivity contribution in [2.75, 3.05) is 0 Å². The lowest BCUT2D eigenvalue weighted by Crippen LogP contribution is -1.66. The van der Waals surface area contributed by atoms with Gasteiger partial charge in [0.1, 0.15) is 7.63 Å². The van der Waals surface area contributed by atoms with Gasteiger partial charge in [0.05, 0.1) is 0 Å². The first-order chi connectivity index (χ1) is 4.69. The van der Waals surface area contributed by atoms with Gasteiger partial charge in [0.2, 0.25) is 0 Å². The third-order valence-corrected chi connectivity index (χ3v) is 0.352. The highest BCUT2D eigenvalue weighted by Gasteiger charge is 2.18. The molecule has 0 aromatic rings. The van der Waals surface area contributed by atoms with E-state index in [1.807, 2.05) is 0 Å². The highest BCUT2D eigenvalue weighted by molar-refractivity contribution is 5.56. The third kappa shape index (κ3) is 0.469. The van der Waals surface area contributed by atoms with E-state index < -0.39 is 24.9 Å². The Balaban J connectivity index is 3.06. The summed E-state index contributed by atoms with van der Waals surface area (Å²) in [6.07, 6.45) is -6.54. The molecule has 28 valence electrons. The molecule has 0 bridgehead atoms. The molecule has 0 heterocycles. The summed E-state index contributed by atoms with van der Waals surface area (Å²) in [5, 5.41) is 0. The zero-order chi connectivity index (χ0) is 9.08. The van der Waals surface area contributed by atoms with E-state index in [0.717, 1.165) is 0 Å². The number of hydrogen-bond acceptors (Lipinski definition) is 1. The van der Waals surface area contributed by atoms with E-state index in [1.54, 1.807) is 0 Å². The first-order valence-corrected chi connectivity index (χ1v) is 1.20. The molecule has 0 spiro atoms. The van der Waals surface area contributed by atoms with Crippen LogP contribution in [0.4, 0.5) is 0 Å². The van der Waals surface area contributed by atoms with Crippen molar-refractivity contribution in [1.82, 2.24) is 0 Å². The molecule has 0 N–H and O–H groups in total. The van der Waals surface area contributed by atoms with Gasteiger partial charge in [0, 0.05) is 12.7 Å². The van der Waals surface area contributed by atoms with Crippen LogP contribution in [0.3, 0.4) is 0 Å². The van der Waals surface area contributed by atoms with Crippen LogP contribution in [0.25, 0.3) is 0 Å². The third-order valence-electron chi connectivity index (χ3n) is 0.352. The van der Waals surface area contributed by atoms with Crippen LogP contribution < -0.4 is 0 Å². The Bertz CT molecular complexity index is 207. The van der Waals surface area contributed by atoms with Gasteiger partial charge in [-0.05, 0) is 12.7 Å². The van der Waals surface area contributed by atoms with E-state index in [9.17, 15) is 4.79 Å². The van der Waals surface area contributed by atoms with Gasteiger partial charge >= 0.3 is 0 Å². The van der Waals surface area contributed by atoms with Crippen molar-refractivity contribution in [3.8, 4) is 0 Å². The van der Waals surface area contributed by atoms with Gasteiger partial charge in [-0.25, -0.2) is 0 Å². The van der Waals surface area contributed by atoms with E-state index >= 15 is 0 Å². The van der Waals surface area contributed by atoms with Crippen LogP contribution in [0.1, 0.15) is 21.0 Å². The fraction of sp³-hybridized carbons (Fsp3) is 0.750. The highest BCUT2D eigenvalue weighted by atomic mass is 16.1. The molecule has 1 nitrogen and oxygen atoms in total. The normalized spacial score (nSPS) is 66.4. The van der Waals surface area contributed by atoms with Crippen molar-refractivity contribution in [2.24, 2.45) is 5.89 Å². The van der Waals surface area contributed by atoms with E-state index in [0.29, 0.717) is 0 Å². The predicted octanol–water partition coefficient (Wildman–Crippen LogP) is 0.595. The lowest BCUT2D eigenvalue weighted by molar-refractivity contribution is -0.108. The summed E-state index contributed by atoms with van der Waals surface area (Å²) < 4.78 is 41.1. The zero-order valence-corrected chi connectivity index (χ0v) is 2.41. The number of carbonyl (C=O) groups is 1. The molecule has 0 aromatic carbocycles. The Kier molecular flexibility index (Phi) is 0.0899.